The van der Waals surface area contributed by atoms with Gasteiger partial charge in [0.05, 0.1) is 12.0 Å². The average molecular weight is 658 g/mol. The van der Waals surface area contributed by atoms with Crippen LogP contribution >= 0.6 is 0 Å². The Hall–Kier alpha value is -0.790. The van der Waals surface area contributed by atoms with Crippen LogP contribution in [0.25, 0.3) is 0 Å². The molecule has 278 valence electrons. The van der Waals surface area contributed by atoms with E-state index in [2.05, 4.69) is 49.6 Å². The zero-order valence-corrected chi connectivity index (χ0v) is 33.2. The van der Waals surface area contributed by atoms with Crippen molar-refractivity contribution in [1.82, 2.24) is 4.98 Å². The second kappa shape index (κ2) is 35.1. The molecule has 0 fully saturated rings. The van der Waals surface area contributed by atoms with Crippen molar-refractivity contribution in [3.8, 4) is 0 Å². The number of nitrogens with zero attached hydrogens (tertiary/aromatic N) is 1. The fourth-order valence-electron chi connectivity index (χ4n) is 7.84. The minimum Gasteiger partial charge on any atom is -0.247 e. The zero-order chi connectivity index (χ0) is 33.9. The van der Waals surface area contributed by atoms with Crippen LogP contribution in [0.4, 0.5) is 0 Å². The molecule has 1 aromatic rings. The lowest BCUT2D eigenvalue weighted by Gasteiger charge is -2.17. The highest BCUT2D eigenvalue weighted by Gasteiger charge is 2.25. The first-order valence-electron chi connectivity index (χ1n) is 22.3. The van der Waals surface area contributed by atoms with Crippen molar-refractivity contribution in [1.29, 1.82) is 0 Å². The molecule has 0 amide bonds. The molecule has 1 N–H and O–H groups in total. The van der Waals surface area contributed by atoms with Crippen LogP contribution in [0.1, 0.15) is 277 Å². The Kier molecular flexibility index (Phi) is 33.0. The molecule has 0 aromatic carbocycles. The van der Waals surface area contributed by atoms with E-state index in [1.165, 1.54) is 231 Å². The van der Waals surface area contributed by atoms with Gasteiger partial charge in [0, 0.05) is 0 Å². The minimum absolute atomic E-state index is 0.618. The van der Waals surface area contributed by atoms with Crippen LogP contribution in [0, 0.1) is 0 Å². The number of aromatic nitrogens is 2. The predicted molar refractivity (Wildman–Crippen MR) is 212 cm³/mol. The number of hydrogen-bond acceptors (Lipinski definition) is 0. The van der Waals surface area contributed by atoms with Gasteiger partial charge < -0.3 is 0 Å². The number of nitrogens with one attached hydrogen (secondary N) is 1. The molecule has 1 aromatic heterocycles. The van der Waals surface area contributed by atoms with E-state index in [4.69, 9.17) is 0 Å². The van der Waals surface area contributed by atoms with E-state index in [0.29, 0.717) is 12.0 Å². The van der Waals surface area contributed by atoms with Gasteiger partial charge in [0.25, 0.3) is 5.82 Å². The van der Waals surface area contributed by atoms with Crippen molar-refractivity contribution in [3.05, 3.63) is 18.2 Å². The van der Waals surface area contributed by atoms with Gasteiger partial charge in [0.15, 0.2) is 0 Å². The maximum Gasteiger partial charge on any atom is 0.257 e. The third-order valence-electron chi connectivity index (χ3n) is 11.1. The smallest absolute Gasteiger partial charge is 0.247 e. The molecule has 0 aliphatic heterocycles. The highest BCUT2D eigenvalue weighted by molar-refractivity contribution is 4.90. The molecule has 47 heavy (non-hydrogen) atoms. The van der Waals surface area contributed by atoms with Crippen LogP contribution in [0.5, 0.6) is 0 Å². The number of unbranched alkanes of at least 4 members (excludes halogenated alkanes) is 30. The van der Waals surface area contributed by atoms with E-state index in [1.807, 2.05) is 0 Å². The normalized spacial score (nSPS) is 13.0. The molecule has 1 heterocycles. The molecule has 0 spiro atoms. The topological polar surface area (TPSA) is 19.7 Å². The zero-order valence-electron chi connectivity index (χ0n) is 33.2. The number of rotatable bonds is 38. The highest BCUT2D eigenvalue weighted by Crippen LogP contribution is 2.27. The van der Waals surface area contributed by atoms with E-state index < -0.39 is 0 Å². The van der Waals surface area contributed by atoms with Gasteiger partial charge in [0.1, 0.15) is 12.4 Å². The first-order chi connectivity index (χ1) is 23.2. The van der Waals surface area contributed by atoms with E-state index in [-0.39, 0.29) is 0 Å². The fraction of sp³-hybridized carbons (Fsp3) is 0.933. The van der Waals surface area contributed by atoms with E-state index in [0.717, 1.165) is 0 Å². The molecule has 2 heteroatoms. The predicted octanol–water partition coefficient (Wildman–Crippen LogP) is 16.1. The van der Waals surface area contributed by atoms with E-state index in [1.54, 1.807) is 5.82 Å². The monoisotopic (exact) mass is 658 g/mol. The third-order valence-corrected chi connectivity index (χ3v) is 11.1. The summed E-state index contributed by atoms with van der Waals surface area (Å²) in [6.45, 7) is 9.43. The second-order valence-electron chi connectivity index (χ2n) is 15.8. The Morgan fingerprint density at radius 3 is 1.00 bits per heavy atom. The van der Waals surface area contributed by atoms with Gasteiger partial charge in [-0.2, -0.15) is 0 Å². The Morgan fingerprint density at radius 1 is 0.404 bits per heavy atom. The molecule has 0 saturated carbocycles. The first kappa shape index (κ1) is 44.2. The van der Waals surface area contributed by atoms with Crippen molar-refractivity contribution in [2.45, 2.75) is 271 Å². The molecule has 1 rings (SSSR count). The average Bonchev–Trinajstić information content (AvgIpc) is 3.57. The third kappa shape index (κ3) is 26.7. The molecule has 0 saturated heterocycles. The highest BCUT2D eigenvalue weighted by atomic mass is 15.1. The van der Waals surface area contributed by atoms with Gasteiger partial charge in [0.2, 0.25) is 0 Å². The molecule has 2 atom stereocenters. The molecule has 2 nitrogen and oxygen atoms in total. The van der Waals surface area contributed by atoms with Crippen LogP contribution in [0.15, 0.2) is 12.4 Å². The van der Waals surface area contributed by atoms with Crippen LogP contribution in [0.2, 0.25) is 0 Å². The quantitative estimate of drug-likeness (QED) is 0.0539. The standard InChI is InChI=1S/C45H88N2/c1-5-8-11-14-17-20-22-23-25-28-31-34-37-40-44(39-36-33-30-27-24-21-18-15-12-9-6-2)45-46-41-42-47(45)43(4)38-35-32-29-26-19-16-13-10-7-3/h41-44H,5-40H2,1-4H3/p+1. The lowest BCUT2D eigenvalue weighted by Crippen LogP contribution is -2.41. The minimum atomic E-state index is 0.618. The van der Waals surface area contributed by atoms with Crippen molar-refractivity contribution < 1.29 is 4.57 Å². The maximum atomic E-state index is 3.77. The van der Waals surface area contributed by atoms with Crippen LogP contribution in [0.3, 0.4) is 0 Å². The fourth-order valence-corrected chi connectivity index (χ4v) is 7.84. The summed E-state index contributed by atoms with van der Waals surface area (Å²) in [5.41, 5.74) is 0. The van der Waals surface area contributed by atoms with Crippen molar-refractivity contribution >= 4 is 0 Å². The Balaban J connectivity index is 2.40. The molecule has 0 radical (unpaired) electrons. The van der Waals surface area contributed by atoms with Gasteiger partial charge in [-0.25, -0.2) is 9.55 Å². The summed E-state index contributed by atoms with van der Waals surface area (Å²) >= 11 is 0. The number of hydrogen-bond donors (Lipinski definition) is 1. The second-order valence-corrected chi connectivity index (χ2v) is 15.8. The summed E-state index contributed by atoms with van der Waals surface area (Å²) in [6, 6.07) is 0.618. The summed E-state index contributed by atoms with van der Waals surface area (Å²) in [6.07, 6.45) is 56.1. The lowest BCUT2D eigenvalue weighted by atomic mass is 9.92. The van der Waals surface area contributed by atoms with Gasteiger partial charge in [-0.05, 0) is 32.6 Å². The van der Waals surface area contributed by atoms with Gasteiger partial charge in [-0.1, -0.05) is 226 Å². The van der Waals surface area contributed by atoms with E-state index >= 15 is 0 Å². The van der Waals surface area contributed by atoms with Crippen LogP contribution in [-0.4, -0.2) is 4.98 Å². The maximum absolute atomic E-state index is 3.77. The van der Waals surface area contributed by atoms with E-state index in [9.17, 15) is 0 Å². The van der Waals surface area contributed by atoms with Crippen molar-refractivity contribution in [2.24, 2.45) is 0 Å². The van der Waals surface area contributed by atoms with Crippen LogP contribution in [-0.2, 0) is 0 Å². The summed E-state index contributed by atoms with van der Waals surface area (Å²) < 4.78 is 2.65. The first-order valence-corrected chi connectivity index (χ1v) is 22.3. The summed E-state index contributed by atoms with van der Waals surface area (Å²) in [4.78, 5) is 3.77. The van der Waals surface area contributed by atoms with Gasteiger partial charge in [-0.15, -0.1) is 0 Å². The number of H-pyrrole nitrogens is 1. The summed E-state index contributed by atoms with van der Waals surface area (Å²) in [5, 5.41) is 0. The van der Waals surface area contributed by atoms with Crippen molar-refractivity contribution in [2.75, 3.05) is 0 Å². The van der Waals surface area contributed by atoms with Gasteiger partial charge >= 0.3 is 0 Å². The molecule has 0 bridgehead atoms. The number of aromatic amines is 1. The Labute approximate surface area is 297 Å². The van der Waals surface area contributed by atoms with Crippen molar-refractivity contribution in [3.63, 3.8) is 0 Å². The number of imidazole rings is 1. The summed E-state index contributed by atoms with van der Waals surface area (Å²) in [7, 11) is 0. The molecule has 2 unspecified atom stereocenters. The summed E-state index contributed by atoms with van der Waals surface area (Å²) in [5.74, 6) is 2.25. The lowest BCUT2D eigenvalue weighted by molar-refractivity contribution is -0.727. The molecule has 0 aliphatic carbocycles. The van der Waals surface area contributed by atoms with Gasteiger partial charge in [-0.3, -0.25) is 0 Å². The SMILES string of the molecule is CCCCCCCCCCCCCCCC(CCCCCCCCCCCCC)c1[nH]cc[n+]1C(C)CCCCCCCCCCC. The Morgan fingerprint density at radius 2 is 0.681 bits per heavy atom. The molecular weight excluding hydrogens is 569 g/mol. The molecular formula is C45H89N2+. The Bertz CT molecular complexity index is 723. The molecule has 0 aliphatic rings. The van der Waals surface area contributed by atoms with Crippen LogP contribution < -0.4 is 4.57 Å². The largest absolute Gasteiger partial charge is 0.257 e.